The second kappa shape index (κ2) is 5.88. The van der Waals surface area contributed by atoms with Crippen molar-refractivity contribution in [3.05, 3.63) is 22.4 Å². The van der Waals surface area contributed by atoms with Gasteiger partial charge in [-0.15, -0.1) is 0 Å². The highest BCUT2D eigenvalue weighted by molar-refractivity contribution is 7.07. The molecule has 0 fully saturated rings. The van der Waals surface area contributed by atoms with Crippen molar-refractivity contribution in [3.8, 4) is 0 Å². The highest BCUT2D eigenvalue weighted by Gasteiger charge is 2.19. The monoisotopic (exact) mass is 227 g/mol. The van der Waals surface area contributed by atoms with Crippen molar-refractivity contribution in [3.63, 3.8) is 0 Å². The maximum absolute atomic E-state index is 10.9. The lowest BCUT2D eigenvalue weighted by molar-refractivity contribution is -0.142. The molecule has 3 nitrogen and oxygen atoms in total. The molecule has 0 saturated carbocycles. The number of hydrogen-bond acceptors (Lipinski definition) is 3. The van der Waals surface area contributed by atoms with E-state index in [2.05, 4.69) is 11.4 Å². The van der Waals surface area contributed by atoms with Gasteiger partial charge in [-0.25, -0.2) is 0 Å². The Balaban J connectivity index is 2.40. The smallest absolute Gasteiger partial charge is 0.320 e. The molecule has 1 N–H and O–H groups in total. The molecule has 1 rings (SSSR count). The molecule has 84 valence electrons. The van der Waals surface area contributed by atoms with E-state index in [-0.39, 0.29) is 6.04 Å². The summed E-state index contributed by atoms with van der Waals surface area (Å²) in [6, 6.07) is 1.73. The fraction of sp³-hybridized carbons (Fsp3) is 0.545. The van der Waals surface area contributed by atoms with E-state index in [1.165, 1.54) is 5.56 Å². The molecule has 0 radical (unpaired) electrons. The average Bonchev–Trinajstić information content (AvgIpc) is 2.67. The van der Waals surface area contributed by atoms with Gasteiger partial charge in [0.05, 0.1) is 0 Å². The number of carbonyl (C=O) groups is 1. The van der Waals surface area contributed by atoms with Crippen LogP contribution in [0.5, 0.6) is 0 Å². The summed E-state index contributed by atoms with van der Waals surface area (Å²) in [7, 11) is 1.87. The minimum atomic E-state index is -0.731. The van der Waals surface area contributed by atoms with Crippen molar-refractivity contribution in [2.24, 2.45) is 0 Å². The summed E-state index contributed by atoms with van der Waals surface area (Å²) in [5, 5.41) is 13.1. The Morgan fingerprint density at radius 1 is 1.67 bits per heavy atom. The second-order valence-electron chi connectivity index (χ2n) is 3.62. The third-order valence-electron chi connectivity index (χ3n) is 2.54. The summed E-state index contributed by atoms with van der Waals surface area (Å²) in [6.45, 7) is 2.70. The van der Waals surface area contributed by atoms with Gasteiger partial charge < -0.3 is 5.11 Å². The predicted octanol–water partition coefficient (Wildman–Crippen LogP) is 2.09. The van der Waals surface area contributed by atoms with E-state index in [4.69, 9.17) is 5.11 Å². The van der Waals surface area contributed by atoms with Crippen molar-refractivity contribution in [2.75, 3.05) is 13.6 Å². The third kappa shape index (κ3) is 3.64. The Hall–Kier alpha value is -0.870. The first kappa shape index (κ1) is 12.2. The highest BCUT2D eigenvalue weighted by Crippen LogP contribution is 2.09. The fourth-order valence-corrected chi connectivity index (χ4v) is 2.27. The molecule has 1 atom stereocenters. The summed E-state index contributed by atoms with van der Waals surface area (Å²) in [5.41, 5.74) is 1.28. The van der Waals surface area contributed by atoms with Crippen LogP contribution in [-0.4, -0.2) is 35.6 Å². The van der Waals surface area contributed by atoms with Gasteiger partial charge in [0.1, 0.15) is 6.04 Å². The molecule has 1 aromatic heterocycles. The number of carboxylic acids is 1. The molecule has 1 unspecified atom stereocenters. The van der Waals surface area contributed by atoms with Crippen LogP contribution in [0.3, 0.4) is 0 Å². The first-order chi connectivity index (χ1) is 7.15. The van der Waals surface area contributed by atoms with Crippen LogP contribution in [-0.2, 0) is 11.2 Å². The maximum atomic E-state index is 10.9. The number of aliphatic carboxylic acids is 1. The highest BCUT2D eigenvalue weighted by atomic mass is 32.1. The van der Waals surface area contributed by atoms with Crippen LogP contribution in [0.4, 0.5) is 0 Å². The quantitative estimate of drug-likeness (QED) is 0.809. The Morgan fingerprint density at radius 2 is 2.40 bits per heavy atom. The Kier molecular flexibility index (Phi) is 4.78. The molecule has 0 aromatic carbocycles. The number of thiophene rings is 1. The van der Waals surface area contributed by atoms with Gasteiger partial charge in [-0.3, -0.25) is 9.69 Å². The summed E-state index contributed by atoms with van der Waals surface area (Å²) < 4.78 is 0. The van der Waals surface area contributed by atoms with Gasteiger partial charge in [0, 0.05) is 6.54 Å². The zero-order valence-corrected chi connectivity index (χ0v) is 9.96. The number of likely N-dealkylation sites (N-methyl/N-ethyl adjacent to an activating group) is 1. The molecule has 0 aliphatic rings. The Bertz CT molecular complexity index is 298. The number of carboxylic acid groups (broad SMARTS) is 1. The number of hydrogen-bond donors (Lipinski definition) is 1. The van der Waals surface area contributed by atoms with E-state index in [1.54, 1.807) is 11.3 Å². The van der Waals surface area contributed by atoms with Crippen molar-refractivity contribution >= 4 is 17.3 Å². The van der Waals surface area contributed by atoms with Crippen molar-refractivity contribution in [2.45, 2.75) is 25.8 Å². The molecule has 1 aromatic rings. The molecule has 0 spiro atoms. The van der Waals surface area contributed by atoms with Gasteiger partial charge in [-0.05, 0) is 42.3 Å². The van der Waals surface area contributed by atoms with E-state index in [0.717, 1.165) is 13.0 Å². The largest absolute Gasteiger partial charge is 0.480 e. The molecule has 0 aliphatic carbocycles. The van der Waals surface area contributed by atoms with Crippen LogP contribution in [0, 0.1) is 0 Å². The Labute approximate surface area is 94.3 Å². The lowest BCUT2D eigenvalue weighted by Gasteiger charge is -2.23. The van der Waals surface area contributed by atoms with Gasteiger partial charge in [-0.2, -0.15) is 11.3 Å². The minimum Gasteiger partial charge on any atom is -0.480 e. The molecular formula is C11H17NO2S. The lowest BCUT2D eigenvalue weighted by atomic mass is 10.1. The minimum absolute atomic E-state index is 0.358. The molecule has 0 aliphatic heterocycles. The van der Waals surface area contributed by atoms with Crippen molar-refractivity contribution in [1.29, 1.82) is 0 Å². The molecule has 0 amide bonds. The third-order valence-corrected chi connectivity index (χ3v) is 3.27. The standard InChI is InChI=1S/C11H17NO2S/c1-3-10(11(13)14)12(2)6-4-9-5-7-15-8-9/h5,7-8,10H,3-4,6H2,1-2H3,(H,13,14). The molecule has 0 saturated heterocycles. The topological polar surface area (TPSA) is 40.5 Å². The molecule has 0 bridgehead atoms. The Morgan fingerprint density at radius 3 is 2.87 bits per heavy atom. The average molecular weight is 227 g/mol. The fourth-order valence-electron chi connectivity index (χ4n) is 1.57. The maximum Gasteiger partial charge on any atom is 0.320 e. The lowest BCUT2D eigenvalue weighted by Crippen LogP contribution is -2.39. The normalized spacial score (nSPS) is 13.0. The first-order valence-electron chi connectivity index (χ1n) is 5.09. The summed E-state index contributed by atoms with van der Waals surface area (Å²) in [6.07, 6.45) is 1.57. The zero-order valence-electron chi connectivity index (χ0n) is 9.14. The van der Waals surface area contributed by atoms with Gasteiger partial charge in [-0.1, -0.05) is 6.92 Å². The van der Waals surface area contributed by atoms with E-state index < -0.39 is 5.97 Å². The van der Waals surface area contributed by atoms with Crippen LogP contribution in [0.2, 0.25) is 0 Å². The molecule has 4 heteroatoms. The number of rotatable bonds is 6. The predicted molar refractivity (Wildman–Crippen MR) is 62.4 cm³/mol. The van der Waals surface area contributed by atoms with E-state index in [9.17, 15) is 4.79 Å². The van der Waals surface area contributed by atoms with Crippen LogP contribution < -0.4 is 0 Å². The van der Waals surface area contributed by atoms with Gasteiger partial charge in [0.2, 0.25) is 0 Å². The zero-order chi connectivity index (χ0) is 11.3. The molecule has 15 heavy (non-hydrogen) atoms. The molecule has 1 heterocycles. The number of nitrogens with zero attached hydrogens (tertiary/aromatic N) is 1. The SMILES string of the molecule is CCC(C(=O)O)N(C)CCc1ccsc1. The van der Waals surface area contributed by atoms with Crippen molar-refractivity contribution in [1.82, 2.24) is 4.90 Å². The van der Waals surface area contributed by atoms with E-state index in [1.807, 2.05) is 24.3 Å². The first-order valence-corrected chi connectivity index (χ1v) is 6.03. The summed E-state index contributed by atoms with van der Waals surface area (Å²) in [4.78, 5) is 12.8. The van der Waals surface area contributed by atoms with Gasteiger partial charge in [0.15, 0.2) is 0 Å². The van der Waals surface area contributed by atoms with Crippen LogP contribution in [0.1, 0.15) is 18.9 Å². The molecular weight excluding hydrogens is 210 g/mol. The van der Waals surface area contributed by atoms with E-state index in [0.29, 0.717) is 6.42 Å². The summed E-state index contributed by atoms with van der Waals surface area (Å²) >= 11 is 1.68. The second-order valence-corrected chi connectivity index (χ2v) is 4.40. The van der Waals surface area contributed by atoms with Crippen molar-refractivity contribution < 1.29 is 9.90 Å². The van der Waals surface area contributed by atoms with Crippen LogP contribution in [0.25, 0.3) is 0 Å². The van der Waals surface area contributed by atoms with Crippen LogP contribution >= 0.6 is 11.3 Å². The van der Waals surface area contributed by atoms with Gasteiger partial charge >= 0.3 is 5.97 Å². The van der Waals surface area contributed by atoms with Crippen LogP contribution in [0.15, 0.2) is 16.8 Å². The van der Waals surface area contributed by atoms with E-state index >= 15 is 0 Å². The van der Waals surface area contributed by atoms with Gasteiger partial charge in [0.25, 0.3) is 0 Å². The summed E-state index contributed by atoms with van der Waals surface area (Å²) in [5.74, 6) is -0.731.